The van der Waals surface area contributed by atoms with Gasteiger partial charge in [0.2, 0.25) is 0 Å². The third-order valence-electron chi connectivity index (χ3n) is 1.79. The van der Waals surface area contributed by atoms with E-state index in [4.69, 9.17) is 9.47 Å². The summed E-state index contributed by atoms with van der Waals surface area (Å²) in [5, 5.41) is 0. The quantitative estimate of drug-likeness (QED) is 0.417. The van der Waals surface area contributed by atoms with Gasteiger partial charge >= 0.3 is 11.9 Å². The van der Waals surface area contributed by atoms with E-state index in [1.165, 1.54) is 13.8 Å². The number of carbonyl (C=O) groups is 2. The lowest BCUT2D eigenvalue weighted by molar-refractivity contribution is -0.163. The van der Waals surface area contributed by atoms with Crippen molar-refractivity contribution in [3.05, 3.63) is 0 Å². The topological polar surface area (TPSA) is 52.6 Å². The Morgan fingerprint density at radius 1 is 0.941 bits per heavy atom. The third-order valence-corrected chi connectivity index (χ3v) is 1.79. The van der Waals surface area contributed by atoms with Gasteiger partial charge in [-0.05, 0) is 27.7 Å². The molecule has 4 heteroatoms. The fourth-order valence-corrected chi connectivity index (χ4v) is 1.17. The van der Waals surface area contributed by atoms with Gasteiger partial charge < -0.3 is 9.47 Å². The van der Waals surface area contributed by atoms with Crippen LogP contribution in [-0.4, -0.2) is 25.2 Å². The van der Waals surface area contributed by atoms with Crippen LogP contribution in [0.2, 0.25) is 0 Å². The van der Waals surface area contributed by atoms with Crippen molar-refractivity contribution in [3.63, 3.8) is 0 Å². The number of hydrogen-bond donors (Lipinski definition) is 0. The van der Waals surface area contributed by atoms with Crippen molar-refractivity contribution in [1.82, 2.24) is 0 Å². The molecule has 0 amide bonds. The maximum absolute atomic E-state index is 11.8. The third kappa shape index (κ3) is 3.53. The molecule has 0 aliphatic heterocycles. The van der Waals surface area contributed by atoms with Gasteiger partial charge in [-0.15, -0.1) is 11.8 Å². The summed E-state index contributed by atoms with van der Waals surface area (Å²) in [4.78, 5) is 23.7. The van der Waals surface area contributed by atoms with Crippen molar-refractivity contribution < 1.29 is 19.1 Å². The molecule has 0 aliphatic carbocycles. The molecule has 0 spiro atoms. The summed E-state index contributed by atoms with van der Waals surface area (Å²) in [6.45, 7) is 6.63. The fourth-order valence-electron chi connectivity index (χ4n) is 1.17. The monoisotopic (exact) mass is 236 g/mol. The smallest absolute Gasteiger partial charge is 0.348 e. The van der Waals surface area contributed by atoms with E-state index in [0.717, 1.165) is 0 Å². The lowest BCUT2D eigenvalue weighted by atomic mass is 9.89. The zero-order chi connectivity index (χ0) is 13.3. The Hall–Kier alpha value is -1.94. The van der Waals surface area contributed by atoms with Gasteiger partial charge in [0.05, 0.1) is 13.2 Å². The van der Waals surface area contributed by atoms with Gasteiger partial charge in [-0.3, -0.25) is 0 Å². The van der Waals surface area contributed by atoms with Gasteiger partial charge in [0, 0.05) is 0 Å². The summed E-state index contributed by atoms with van der Waals surface area (Å²) in [5.41, 5.74) is -1.82. The van der Waals surface area contributed by atoms with Crippen LogP contribution in [0.4, 0.5) is 0 Å². The molecular formula is C13H16O4. The highest BCUT2D eigenvalue weighted by atomic mass is 16.6. The Morgan fingerprint density at radius 3 is 1.53 bits per heavy atom. The highest BCUT2D eigenvalue weighted by Gasteiger charge is 2.46. The van der Waals surface area contributed by atoms with E-state index in [2.05, 4.69) is 23.7 Å². The van der Waals surface area contributed by atoms with Crippen LogP contribution in [0.5, 0.6) is 0 Å². The predicted octanol–water partition coefficient (Wildman–Crippen LogP) is 1.15. The second-order valence-corrected chi connectivity index (χ2v) is 2.94. The van der Waals surface area contributed by atoms with Crippen LogP contribution in [0.3, 0.4) is 0 Å². The Morgan fingerprint density at radius 2 is 1.29 bits per heavy atom. The fraction of sp³-hybridized carbons (Fsp3) is 0.538. The molecule has 4 nitrogen and oxygen atoms in total. The molecule has 0 saturated carbocycles. The van der Waals surface area contributed by atoms with E-state index in [9.17, 15) is 9.59 Å². The van der Waals surface area contributed by atoms with E-state index in [0.29, 0.717) is 0 Å². The van der Waals surface area contributed by atoms with E-state index >= 15 is 0 Å². The molecule has 0 N–H and O–H groups in total. The van der Waals surface area contributed by atoms with Crippen molar-refractivity contribution in [2.75, 3.05) is 13.2 Å². The van der Waals surface area contributed by atoms with E-state index in [1.807, 2.05) is 0 Å². The van der Waals surface area contributed by atoms with E-state index in [1.54, 1.807) is 13.8 Å². The van der Waals surface area contributed by atoms with Crippen molar-refractivity contribution in [3.8, 4) is 23.7 Å². The van der Waals surface area contributed by atoms with Gasteiger partial charge in [-0.2, -0.15) is 0 Å². The number of carbonyl (C=O) groups excluding carboxylic acids is 2. The molecule has 17 heavy (non-hydrogen) atoms. The first-order chi connectivity index (χ1) is 8.08. The number of ether oxygens (including phenoxy) is 2. The normalized spacial score (nSPS) is 9.18. The van der Waals surface area contributed by atoms with Crippen molar-refractivity contribution in [2.24, 2.45) is 5.41 Å². The summed E-state index contributed by atoms with van der Waals surface area (Å²) >= 11 is 0. The Labute approximate surface area is 102 Å². The van der Waals surface area contributed by atoms with Gasteiger partial charge in [0.15, 0.2) is 0 Å². The van der Waals surface area contributed by atoms with E-state index < -0.39 is 17.4 Å². The minimum atomic E-state index is -1.82. The minimum Gasteiger partial charge on any atom is -0.464 e. The molecule has 0 aromatic rings. The maximum Gasteiger partial charge on any atom is 0.348 e. The molecule has 0 radical (unpaired) electrons. The lowest BCUT2D eigenvalue weighted by Gasteiger charge is -2.18. The number of esters is 2. The first-order valence-corrected chi connectivity index (χ1v) is 5.31. The standard InChI is InChI=1S/C13H16O4/c1-5-9-13(10-6-2,11(14)16-7-3)12(15)17-8-4/h7-8H2,1-4H3. The molecular weight excluding hydrogens is 220 g/mol. The van der Waals surface area contributed by atoms with Crippen LogP contribution in [0.1, 0.15) is 27.7 Å². The average Bonchev–Trinajstić information content (AvgIpc) is 2.29. The minimum absolute atomic E-state index is 0.150. The largest absolute Gasteiger partial charge is 0.464 e. The SMILES string of the molecule is CC#CC(C#CC)(C(=O)OCC)C(=O)OCC. The van der Waals surface area contributed by atoms with Crippen LogP contribution < -0.4 is 0 Å². The van der Waals surface area contributed by atoms with Crippen molar-refractivity contribution >= 4 is 11.9 Å². The van der Waals surface area contributed by atoms with Crippen LogP contribution in [-0.2, 0) is 19.1 Å². The second-order valence-electron chi connectivity index (χ2n) is 2.94. The number of rotatable bonds is 4. The van der Waals surface area contributed by atoms with Crippen LogP contribution in [0.25, 0.3) is 0 Å². The Balaban J connectivity index is 5.53. The van der Waals surface area contributed by atoms with Gasteiger partial charge in [-0.1, -0.05) is 11.8 Å². The average molecular weight is 236 g/mol. The van der Waals surface area contributed by atoms with Crippen LogP contribution in [0.15, 0.2) is 0 Å². The molecule has 0 rings (SSSR count). The predicted molar refractivity (Wildman–Crippen MR) is 62.6 cm³/mol. The second kappa shape index (κ2) is 7.35. The molecule has 0 bridgehead atoms. The summed E-state index contributed by atoms with van der Waals surface area (Å²) in [6.07, 6.45) is 0. The van der Waals surface area contributed by atoms with Crippen molar-refractivity contribution in [2.45, 2.75) is 27.7 Å². The van der Waals surface area contributed by atoms with Gasteiger partial charge in [0.25, 0.3) is 5.41 Å². The van der Waals surface area contributed by atoms with Crippen LogP contribution in [0, 0.1) is 29.1 Å². The summed E-state index contributed by atoms with van der Waals surface area (Å²) in [7, 11) is 0. The highest BCUT2D eigenvalue weighted by Crippen LogP contribution is 2.20. The maximum atomic E-state index is 11.8. The Kier molecular flexibility index (Phi) is 6.51. The first-order valence-electron chi connectivity index (χ1n) is 5.31. The molecule has 0 saturated heterocycles. The zero-order valence-corrected chi connectivity index (χ0v) is 10.5. The van der Waals surface area contributed by atoms with Gasteiger partial charge in [-0.25, -0.2) is 9.59 Å². The number of hydrogen-bond acceptors (Lipinski definition) is 4. The molecule has 92 valence electrons. The molecule has 0 unspecified atom stereocenters. The highest BCUT2D eigenvalue weighted by molar-refractivity contribution is 6.07. The van der Waals surface area contributed by atoms with Crippen molar-refractivity contribution in [1.29, 1.82) is 0 Å². The zero-order valence-electron chi connectivity index (χ0n) is 10.5. The summed E-state index contributed by atoms with van der Waals surface area (Å²) in [6, 6.07) is 0. The molecule has 0 aliphatic rings. The first kappa shape index (κ1) is 15.1. The Bertz CT molecular complexity index is 361. The lowest BCUT2D eigenvalue weighted by Crippen LogP contribution is -2.40. The molecule has 0 heterocycles. The molecule has 0 fully saturated rings. The molecule has 0 atom stereocenters. The molecule has 0 aromatic heterocycles. The van der Waals surface area contributed by atoms with E-state index in [-0.39, 0.29) is 13.2 Å². The van der Waals surface area contributed by atoms with Crippen LogP contribution >= 0.6 is 0 Å². The summed E-state index contributed by atoms with van der Waals surface area (Å²) in [5.74, 6) is 8.44. The summed E-state index contributed by atoms with van der Waals surface area (Å²) < 4.78 is 9.67. The van der Waals surface area contributed by atoms with Gasteiger partial charge in [0.1, 0.15) is 0 Å². The molecule has 0 aromatic carbocycles.